The van der Waals surface area contributed by atoms with Crippen molar-refractivity contribution in [1.29, 1.82) is 0 Å². The number of hydrogen-bond donors (Lipinski definition) is 1. The van der Waals surface area contributed by atoms with E-state index in [2.05, 4.69) is 47.8 Å². The van der Waals surface area contributed by atoms with Crippen molar-refractivity contribution in [3.8, 4) is 0 Å². The average molecular weight is 282 g/mol. The number of piperazine rings is 1. The van der Waals surface area contributed by atoms with Crippen molar-refractivity contribution in [3.05, 3.63) is 11.1 Å². The van der Waals surface area contributed by atoms with Crippen LogP contribution in [0.5, 0.6) is 0 Å². The van der Waals surface area contributed by atoms with Gasteiger partial charge in [0.15, 0.2) is 5.13 Å². The minimum atomic E-state index is 0.279. The molecule has 1 atom stereocenters. The van der Waals surface area contributed by atoms with E-state index in [1.807, 2.05) is 24.6 Å². The standard InChI is InChI=1S/C14H26N4S/c1-11(15-5)12-10-16-13(19-12)17-6-8-18(9-7-17)14(2,3)4/h10-11,15H,6-9H2,1-5H3. The van der Waals surface area contributed by atoms with Gasteiger partial charge in [0.1, 0.15) is 0 Å². The first-order chi connectivity index (χ1) is 8.91. The summed E-state index contributed by atoms with van der Waals surface area (Å²) in [6, 6.07) is 0.391. The Hall–Kier alpha value is -0.650. The lowest BCUT2D eigenvalue weighted by atomic mass is 10.1. The molecule has 0 radical (unpaired) electrons. The average Bonchev–Trinajstić information content (AvgIpc) is 2.86. The molecule has 1 saturated heterocycles. The summed E-state index contributed by atoms with van der Waals surface area (Å²) in [5, 5.41) is 4.44. The first-order valence-electron chi connectivity index (χ1n) is 7.05. The van der Waals surface area contributed by atoms with E-state index in [0.717, 1.165) is 26.2 Å². The molecule has 1 aliphatic heterocycles. The molecular formula is C14H26N4S. The molecule has 1 aromatic heterocycles. The normalized spacial score (nSPS) is 19.7. The van der Waals surface area contributed by atoms with Gasteiger partial charge < -0.3 is 10.2 Å². The highest BCUT2D eigenvalue weighted by Crippen LogP contribution is 2.28. The number of rotatable bonds is 3. The van der Waals surface area contributed by atoms with Crippen molar-refractivity contribution in [2.24, 2.45) is 0 Å². The maximum absolute atomic E-state index is 4.58. The second kappa shape index (κ2) is 5.77. The largest absolute Gasteiger partial charge is 0.346 e. The fourth-order valence-corrected chi connectivity index (χ4v) is 3.36. The monoisotopic (exact) mass is 282 g/mol. The lowest BCUT2D eigenvalue weighted by Gasteiger charge is -2.42. The van der Waals surface area contributed by atoms with Crippen LogP contribution in [0, 0.1) is 0 Å². The van der Waals surface area contributed by atoms with E-state index in [9.17, 15) is 0 Å². The molecule has 2 heterocycles. The summed E-state index contributed by atoms with van der Waals surface area (Å²) >= 11 is 1.81. The predicted octanol–water partition coefficient (Wildman–Crippen LogP) is 2.34. The minimum Gasteiger partial charge on any atom is -0.346 e. The number of aromatic nitrogens is 1. The second-order valence-corrected chi connectivity index (χ2v) is 7.24. The molecule has 19 heavy (non-hydrogen) atoms. The molecule has 108 valence electrons. The SMILES string of the molecule is CNC(C)c1cnc(N2CCN(C(C)(C)C)CC2)s1. The van der Waals surface area contributed by atoms with Gasteiger partial charge in [-0.3, -0.25) is 4.90 Å². The van der Waals surface area contributed by atoms with E-state index in [4.69, 9.17) is 0 Å². The molecule has 1 aromatic rings. The van der Waals surface area contributed by atoms with Crippen LogP contribution in [0.4, 0.5) is 5.13 Å². The molecule has 1 fully saturated rings. The fourth-order valence-electron chi connectivity index (χ4n) is 2.33. The molecule has 0 spiro atoms. The van der Waals surface area contributed by atoms with Crippen LogP contribution in [-0.4, -0.2) is 48.6 Å². The van der Waals surface area contributed by atoms with Gasteiger partial charge in [-0.05, 0) is 34.7 Å². The van der Waals surface area contributed by atoms with Crippen LogP contribution in [0.25, 0.3) is 0 Å². The van der Waals surface area contributed by atoms with Crippen molar-refractivity contribution < 1.29 is 0 Å². The Labute approximate surface area is 120 Å². The molecule has 5 heteroatoms. The van der Waals surface area contributed by atoms with Crippen molar-refractivity contribution in [2.45, 2.75) is 39.3 Å². The topological polar surface area (TPSA) is 31.4 Å². The Morgan fingerprint density at radius 1 is 1.26 bits per heavy atom. The van der Waals surface area contributed by atoms with Crippen LogP contribution in [0.3, 0.4) is 0 Å². The van der Waals surface area contributed by atoms with E-state index < -0.39 is 0 Å². The zero-order chi connectivity index (χ0) is 14.0. The summed E-state index contributed by atoms with van der Waals surface area (Å²) in [6.45, 7) is 13.5. The van der Waals surface area contributed by atoms with E-state index in [0.29, 0.717) is 6.04 Å². The van der Waals surface area contributed by atoms with Crippen molar-refractivity contribution in [1.82, 2.24) is 15.2 Å². The summed E-state index contributed by atoms with van der Waals surface area (Å²) in [6.07, 6.45) is 2.01. The van der Waals surface area contributed by atoms with Gasteiger partial charge in [-0.2, -0.15) is 0 Å². The Kier molecular flexibility index (Phi) is 4.48. The first-order valence-corrected chi connectivity index (χ1v) is 7.86. The van der Waals surface area contributed by atoms with Gasteiger partial charge in [-0.25, -0.2) is 4.98 Å². The van der Waals surface area contributed by atoms with Gasteiger partial charge in [-0.15, -0.1) is 11.3 Å². The predicted molar refractivity (Wildman–Crippen MR) is 83.1 cm³/mol. The Morgan fingerprint density at radius 2 is 1.89 bits per heavy atom. The maximum atomic E-state index is 4.58. The van der Waals surface area contributed by atoms with E-state index >= 15 is 0 Å². The molecule has 0 aromatic carbocycles. The van der Waals surface area contributed by atoms with Crippen LogP contribution >= 0.6 is 11.3 Å². The molecule has 0 saturated carbocycles. The van der Waals surface area contributed by atoms with Gasteiger partial charge in [-0.1, -0.05) is 0 Å². The van der Waals surface area contributed by atoms with Crippen LogP contribution < -0.4 is 10.2 Å². The minimum absolute atomic E-state index is 0.279. The molecular weight excluding hydrogens is 256 g/mol. The Bertz CT molecular complexity index is 402. The van der Waals surface area contributed by atoms with Gasteiger partial charge in [0.05, 0.1) is 0 Å². The number of nitrogens with zero attached hydrogens (tertiary/aromatic N) is 3. The van der Waals surface area contributed by atoms with Gasteiger partial charge in [0, 0.05) is 48.8 Å². The molecule has 0 amide bonds. The Morgan fingerprint density at radius 3 is 2.42 bits per heavy atom. The Balaban J connectivity index is 1.96. The number of thiazole rings is 1. The molecule has 1 aliphatic rings. The van der Waals surface area contributed by atoms with Crippen molar-refractivity contribution in [3.63, 3.8) is 0 Å². The second-order valence-electron chi connectivity index (χ2n) is 6.20. The summed E-state index contributed by atoms with van der Waals surface area (Å²) in [5.74, 6) is 0. The van der Waals surface area contributed by atoms with Gasteiger partial charge in [0.25, 0.3) is 0 Å². The summed E-state index contributed by atoms with van der Waals surface area (Å²) in [4.78, 5) is 10.9. The molecule has 0 bridgehead atoms. The van der Waals surface area contributed by atoms with E-state index in [-0.39, 0.29) is 5.54 Å². The number of anilines is 1. The maximum Gasteiger partial charge on any atom is 0.185 e. The van der Waals surface area contributed by atoms with Crippen LogP contribution in [-0.2, 0) is 0 Å². The van der Waals surface area contributed by atoms with E-state index in [1.54, 1.807) is 0 Å². The summed E-state index contributed by atoms with van der Waals surface area (Å²) in [7, 11) is 1.99. The van der Waals surface area contributed by atoms with Gasteiger partial charge >= 0.3 is 0 Å². The van der Waals surface area contributed by atoms with Crippen LogP contribution in [0.15, 0.2) is 6.20 Å². The van der Waals surface area contributed by atoms with Crippen molar-refractivity contribution in [2.75, 3.05) is 38.1 Å². The lowest BCUT2D eigenvalue weighted by molar-refractivity contribution is 0.128. The lowest BCUT2D eigenvalue weighted by Crippen LogP contribution is -2.53. The van der Waals surface area contributed by atoms with Crippen molar-refractivity contribution >= 4 is 16.5 Å². The molecule has 2 rings (SSSR count). The highest BCUT2D eigenvalue weighted by Gasteiger charge is 2.26. The number of hydrogen-bond acceptors (Lipinski definition) is 5. The summed E-state index contributed by atoms with van der Waals surface area (Å²) < 4.78 is 0. The molecule has 1 unspecified atom stereocenters. The molecule has 1 N–H and O–H groups in total. The highest BCUT2D eigenvalue weighted by molar-refractivity contribution is 7.15. The van der Waals surface area contributed by atoms with Gasteiger partial charge in [0.2, 0.25) is 0 Å². The zero-order valence-electron chi connectivity index (χ0n) is 12.7. The number of nitrogens with one attached hydrogen (secondary N) is 1. The van der Waals surface area contributed by atoms with Crippen LogP contribution in [0.2, 0.25) is 0 Å². The zero-order valence-corrected chi connectivity index (χ0v) is 13.5. The fraction of sp³-hybridized carbons (Fsp3) is 0.786. The summed E-state index contributed by atoms with van der Waals surface area (Å²) in [5.41, 5.74) is 0.279. The smallest absolute Gasteiger partial charge is 0.185 e. The quantitative estimate of drug-likeness (QED) is 0.922. The third kappa shape index (κ3) is 3.46. The highest BCUT2D eigenvalue weighted by atomic mass is 32.1. The van der Waals surface area contributed by atoms with Crippen LogP contribution in [0.1, 0.15) is 38.6 Å². The molecule has 4 nitrogen and oxygen atoms in total. The third-order valence-electron chi connectivity index (χ3n) is 3.87. The first kappa shape index (κ1) is 14.8. The third-order valence-corrected chi connectivity index (χ3v) is 5.11. The van der Waals surface area contributed by atoms with E-state index in [1.165, 1.54) is 10.0 Å². The molecule has 0 aliphatic carbocycles.